The highest BCUT2D eigenvalue weighted by Gasteiger charge is 2.31. The lowest BCUT2D eigenvalue weighted by atomic mass is 9.83. The largest absolute Gasteiger partial charge is 0.333 e. The molecule has 2 aromatic heterocycles. The molecule has 5 rings (SSSR count). The molecule has 180 valence electrons. The summed E-state index contributed by atoms with van der Waals surface area (Å²) in [5.74, 6) is -0.375. The third-order valence-electron chi connectivity index (χ3n) is 6.59. The van der Waals surface area contributed by atoms with Gasteiger partial charge >= 0.3 is 5.69 Å². The first-order chi connectivity index (χ1) is 16.6. The summed E-state index contributed by atoms with van der Waals surface area (Å²) in [4.78, 5) is 26.5. The van der Waals surface area contributed by atoms with Crippen LogP contribution in [0, 0.1) is 11.2 Å². The fraction of sp³-hybridized carbons (Fsp3) is 0.250. The number of anilines is 2. The summed E-state index contributed by atoms with van der Waals surface area (Å²) < 4.78 is 14.6. The van der Waals surface area contributed by atoms with Crippen LogP contribution >= 0.6 is 23.2 Å². The Morgan fingerprint density at radius 1 is 1.20 bits per heavy atom. The topological polar surface area (TPSA) is 103 Å². The zero-order chi connectivity index (χ0) is 25.1. The summed E-state index contributed by atoms with van der Waals surface area (Å²) in [6.45, 7) is 5.38. The number of hydrogen-bond donors (Lipinski definition) is 3. The van der Waals surface area contributed by atoms with Gasteiger partial charge in [-0.2, -0.15) is 4.98 Å². The molecule has 1 aliphatic heterocycles. The molecule has 0 bridgehead atoms. The first-order valence-electron chi connectivity index (χ1n) is 10.9. The molecule has 3 N–H and O–H groups in total. The zero-order valence-corrected chi connectivity index (χ0v) is 20.7. The maximum Gasteiger partial charge on any atom is 0.333 e. The Morgan fingerprint density at radius 2 is 1.91 bits per heavy atom. The van der Waals surface area contributed by atoms with Crippen molar-refractivity contribution < 1.29 is 4.39 Å². The standard InChI is InChI=1S/C24H22Cl2FN7O/c1-24(2)16-5-4-14(8-12(16)6-7-33(24)3)30-22-29-11-15-20(28)34(23(35)32-21(15)31-22)19-17(25)9-13(27)10-18(19)26/h4-5,8-11,28H,6-7H2,1-3H3,(H2,29,30,31,32,35). The van der Waals surface area contributed by atoms with Crippen LogP contribution in [0.25, 0.3) is 16.7 Å². The van der Waals surface area contributed by atoms with E-state index in [-0.39, 0.29) is 43.7 Å². The van der Waals surface area contributed by atoms with Gasteiger partial charge in [0.2, 0.25) is 5.95 Å². The molecular weight excluding hydrogens is 492 g/mol. The lowest BCUT2D eigenvalue weighted by molar-refractivity contribution is 0.143. The smallest absolute Gasteiger partial charge is 0.324 e. The molecule has 0 fully saturated rings. The number of aromatic nitrogens is 4. The van der Waals surface area contributed by atoms with Crippen molar-refractivity contribution in [1.29, 1.82) is 5.41 Å². The van der Waals surface area contributed by atoms with Crippen LogP contribution in [0.4, 0.5) is 16.0 Å². The van der Waals surface area contributed by atoms with Gasteiger partial charge in [-0.3, -0.25) is 15.3 Å². The Morgan fingerprint density at radius 3 is 2.63 bits per heavy atom. The van der Waals surface area contributed by atoms with Crippen LogP contribution in [0.2, 0.25) is 10.0 Å². The number of nitrogens with zero attached hydrogens (tertiary/aromatic N) is 4. The predicted octanol–water partition coefficient (Wildman–Crippen LogP) is 4.50. The van der Waals surface area contributed by atoms with Gasteiger partial charge in [-0.05, 0) is 62.7 Å². The molecule has 0 spiro atoms. The van der Waals surface area contributed by atoms with Crippen LogP contribution in [-0.2, 0) is 12.0 Å². The Balaban J connectivity index is 1.53. The van der Waals surface area contributed by atoms with Gasteiger partial charge in [-0.15, -0.1) is 0 Å². The van der Waals surface area contributed by atoms with Crippen molar-refractivity contribution in [3.05, 3.63) is 79.5 Å². The van der Waals surface area contributed by atoms with Gasteiger partial charge < -0.3 is 5.32 Å². The number of aromatic amines is 1. The van der Waals surface area contributed by atoms with Crippen molar-refractivity contribution >= 4 is 45.9 Å². The Hall–Kier alpha value is -3.27. The average molecular weight is 514 g/mol. The van der Waals surface area contributed by atoms with Crippen molar-refractivity contribution in [3.8, 4) is 5.69 Å². The van der Waals surface area contributed by atoms with Gasteiger partial charge in [-0.1, -0.05) is 29.3 Å². The maximum absolute atomic E-state index is 13.6. The summed E-state index contributed by atoms with van der Waals surface area (Å²) in [5, 5.41) is 11.8. The molecule has 0 saturated carbocycles. The van der Waals surface area contributed by atoms with Crippen molar-refractivity contribution in [1.82, 2.24) is 24.4 Å². The highest BCUT2D eigenvalue weighted by Crippen LogP contribution is 2.35. The molecule has 35 heavy (non-hydrogen) atoms. The average Bonchev–Trinajstić information content (AvgIpc) is 2.78. The normalized spacial score (nSPS) is 15.3. The van der Waals surface area contributed by atoms with E-state index in [0.717, 1.165) is 35.4 Å². The summed E-state index contributed by atoms with van der Waals surface area (Å²) >= 11 is 12.3. The van der Waals surface area contributed by atoms with E-state index in [9.17, 15) is 9.18 Å². The van der Waals surface area contributed by atoms with Crippen LogP contribution in [0.5, 0.6) is 0 Å². The van der Waals surface area contributed by atoms with Crippen molar-refractivity contribution in [2.24, 2.45) is 0 Å². The molecular formula is C24H22Cl2FN7O. The number of rotatable bonds is 3. The van der Waals surface area contributed by atoms with Gasteiger partial charge in [0, 0.05) is 24.0 Å². The second-order valence-electron chi connectivity index (χ2n) is 9.02. The van der Waals surface area contributed by atoms with Crippen molar-refractivity contribution in [2.45, 2.75) is 25.8 Å². The molecule has 0 unspecified atom stereocenters. The lowest BCUT2D eigenvalue weighted by Gasteiger charge is -2.41. The monoisotopic (exact) mass is 513 g/mol. The Bertz CT molecular complexity index is 1590. The summed E-state index contributed by atoms with van der Waals surface area (Å²) in [5.41, 5.74) is 2.57. The summed E-state index contributed by atoms with van der Waals surface area (Å²) in [7, 11) is 2.13. The molecule has 11 heteroatoms. The SMILES string of the molecule is CN1CCc2cc(Nc3ncc4c(=N)n(-c5c(Cl)cc(F)cc5Cl)c(=O)[nH]c4n3)ccc2C1(C)C. The fourth-order valence-electron chi connectivity index (χ4n) is 4.43. The van der Waals surface area contributed by atoms with Gasteiger partial charge in [0.15, 0.2) is 5.65 Å². The molecule has 0 aliphatic carbocycles. The molecule has 1 aliphatic rings. The third kappa shape index (κ3) is 3.99. The first-order valence-corrected chi connectivity index (χ1v) is 11.6. The summed E-state index contributed by atoms with van der Waals surface area (Å²) in [6.07, 6.45) is 2.37. The Kier molecular flexibility index (Phi) is 5.66. The van der Waals surface area contributed by atoms with E-state index in [1.54, 1.807) is 0 Å². The molecule has 0 amide bonds. The van der Waals surface area contributed by atoms with E-state index in [0.29, 0.717) is 0 Å². The van der Waals surface area contributed by atoms with E-state index in [2.05, 4.69) is 58.2 Å². The number of fused-ring (bicyclic) bond motifs is 2. The van der Waals surface area contributed by atoms with E-state index in [1.165, 1.54) is 17.3 Å². The number of nitrogens with one attached hydrogen (secondary N) is 3. The quantitative estimate of drug-likeness (QED) is 0.374. The zero-order valence-electron chi connectivity index (χ0n) is 19.2. The maximum atomic E-state index is 13.6. The van der Waals surface area contributed by atoms with Crippen LogP contribution in [0.3, 0.4) is 0 Å². The predicted molar refractivity (Wildman–Crippen MR) is 134 cm³/mol. The van der Waals surface area contributed by atoms with Crippen molar-refractivity contribution in [2.75, 3.05) is 18.9 Å². The minimum atomic E-state index is -0.692. The van der Waals surface area contributed by atoms with Gasteiger partial charge in [-0.25, -0.2) is 18.7 Å². The highest BCUT2D eigenvalue weighted by atomic mass is 35.5. The Labute approximate surface area is 209 Å². The van der Waals surface area contributed by atoms with Crippen LogP contribution in [0.1, 0.15) is 25.0 Å². The van der Waals surface area contributed by atoms with Gasteiger partial charge in [0.25, 0.3) is 0 Å². The fourth-order valence-corrected chi connectivity index (χ4v) is 5.06. The molecule has 0 atom stereocenters. The lowest BCUT2D eigenvalue weighted by Crippen LogP contribution is -2.43. The molecule has 0 radical (unpaired) electrons. The molecule has 2 aromatic carbocycles. The van der Waals surface area contributed by atoms with E-state index in [4.69, 9.17) is 28.6 Å². The van der Waals surface area contributed by atoms with Gasteiger partial charge in [0.05, 0.1) is 21.1 Å². The number of benzene rings is 2. The number of H-pyrrole nitrogens is 1. The van der Waals surface area contributed by atoms with Crippen LogP contribution < -0.4 is 16.5 Å². The number of hydrogen-bond acceptors (Lipinski definition) is 6. The minimum absolute atomic E-state index is 0.00714. The molecule has 3 heterocycles. The molecule has 0 saturated heterocycles. The van der Waals surface area contributed by atoms with E-state index >= 15 is 0 Å². The van der Waals surface area contributed by atoms with Crippen LogP contribution in [0.15, 0.2) is 41.3 Å². The third-order valence-corrected chi connectivity index (χ3v) is 7.17. The second kappa shape index (κ2) is 8.44. The van der Waals surface area contributed by atoms with E-state index < -0.39 is 11.5 Å². The van der Waals surface area contributed by atoms with Gasteiger partial charge in [0.1, 0.15) is 11.3 Å². The summed E-state index contributed by atoms with van der Waals surface area (Å²) in [6, 6.07) is 8.23. The minimum Gasteiger partial charge on any atom is -0.324 e. The number of halogens is 3. The van der Waals surface area contributed by atoms with E-state index in [1.807, 2.05) is 6.07 Å². The second-order valence-corrected chi connectivity index (χ2v) is 9.83. The molecule has 4 aromatic rings. The molecule has 8 nitrogen and oxygen atoms in total. The van der Waals surface area contributed by atoms with Crippen LogP contribution in [-0.4, -0.2) is 38.0 Å². The van der Waals surface area contributed by atoms with Crippen molar-refractivity contribution in [3.63, 3.8) is 0 Å². The highest BCUT2D eigenvalue weighted by molar-refractivity contribution is 6.37. The number of likely N-dealkylation sites (N-methyl/N-ethyl adjacent to an activating group) is 1. The first kappa shape index (κ1) is 23.5.